The molecule has 64 valence electrons. The third-order valence-corrected chi connectivity index (χ3v) is 2.38. The summed E-state index contributed by atoms with van der Waals surface area (Å²) < 4.78 is 0. The SMILES string of the molecule is CCC(Cl)(N=O)c1ccccc1. The minimum absolute atomic E-state index is 0.502. The number of hydrogen-bond acceptors (Lipinski definition) is 2. The Kier molecular flexibility index (Phi) is 2.82. The first-order valence-electron chi connectivity index (χ1n) is 3.82. The van der Waals surface area contributed by atoms with Crippen molar-refractivity contribution < 1.29 is 0 Å². The van der Waals surface area contributed by atoms with Gasteiger partial charge in [-0.3, -0.25) is 0 Å². The summed E-state index contributed by atoms with van der Waals surface area (Å²) in [5, 5.41) is 2.92. The molecule has 0 aliphatic carbocycles. The van der Waals surface area contributed by atoms with Gasteiger partial charge in [-0.15, -0.1) is 4.91 Å². The number of halogens is 1. The van der Waals surface area contributed by atoms with Crippen molar-refractivity contribution in [2.24, 2.45) is 5.18 Å². The first-order valence-corrected chi connectivity index (χ1v) is 4.19. The second kappa shape index (κ2) is 3.68. The van der Waals surface area contributed by atoms with E-state index in [1.54, 1.807) is 12.1 Å². The lowest BCUT2D eigenvalue weighted by atomic mass is 10.1. The van der Waals surface area contributed by atoms with Gasteiger partial charge in [0.05, 0.1) is 0 Å². The zero-order valence-electron chi connectivity index (χ0n) is 6.83. The van der Waals surface area contributed by atoms with Gasteiger partial charge in [0, 0.05) is 0 Å². The van der Waals surface area contributed by atoms with Crippen LogP contribution in [0.4, 0.5) is 0 Å². The van der Waals surface area contributed by atoms with Crippen LogP contribution in [0.5, 0.6) is 0 Å². The van der Waals surface area contributed by atoms with Crippen molar-refractivity contribution in [1.29, 1.82) is 0 Å². The van der Waals surface area contributed by atoms with Gasteiger partial charge in [-0.25, -0.2) is 0 Å². The largest absolute Gasteiger partial charge is 0.200 e. The van der Waals surface area contributed by atoms with E-state index in [1.807, 2.05) is 25.1 Å². The van der Waals surface area contributed by atoms with Crippen molar-refractivity contribution in [1.82, 2.24) is 0 Å². The third kappa shape index (κ3) is 1.64. The van der Waals surface area contributed by atoms with Crippen LogP contribution in [-0.4, -0.2) is 0 Å². The fourth-order valence-electron chi connectivity index (χ4n) is 1.01. The molecule has 0 aliphatic rings. The summed E-state index contributed by atoms with van der Waals surface area (Å²) in [4.78, 5) is 9.39. The summed E-state index contributed by atoms with van der Waals surface area (Å²) in [6, 6.07) is 9.16. The number of rotatable bonds is 3. The fraction of sp³-hybridized carbons (Fsp3) is 0.333. The van der Waals surface area contributed by atoms with Gasteiger partial charge in [0.1, 0.15) is 0 Å². The molecule has 0 bridgehead atoms. The Balaban J connectivity index is 3.03. The summed E-state index contributed by atoms with van der Waals surface area (Å²) in [7, 11) is 0. The van der Waals surface area contributed by atoms with Crippen molar-refractivity contribution >= 4 is 11.6 Å². The Hall–Kier alpha value is -0.890. The molecule has 0 aromatic heterocycles. The number of alkyl halides is 1. The summed E-state index contributed by atoms with van der Waals surface area (Å²) in [5.74, 6) is 0. The van der Waals surface area contributed by atoms with Crippen LogP contribution in [-0.2, 0) is 5.00 Å². The van der Waals surface area contributed by atoms with Crippen LogP contribution in [0.3, 0.4) is 0 Å². The van der Waals surface area contributed by atoms with Crippen molar-refractivity contribution in [2.45, 2.75) is 18.3 Å². The van der Waals surface area contributed by atoms with E-state index in [-0.39, 0.29) is 0 Å². The minimum atomic E-state index is -1.08. The van der Waals surface area contributed by atoms with Crippen LogP contribution in [0.25, 0.3) is 0 Å². The van der Waals surface area contributed by atoms with E-state index in [9.17, 15) is 4.91 Å². The molecular weight excluding hydrogens is 174 g/mol. The van der Waals surface area contributed by atoms with Crippen LogP contribution in [0.15, 0.2) is 35.5 Å². The number of nitroso groups, excluding NO2 is 1. The summed E-state index contributed by atoms with van der Waals surface area (Å²) >= 11 is 5.95. The Morgan fingerprint density at radius 2 is 2.00 bits per heavy atom. The van der Waals surface area contributed by atoms with E-state index in [2.05, 4.69) is 5.18 Å². The molecule has 0 N–H and O–H groups in total. The molecule has 0 heterocycles. The zero-order valence-corrected chi connectivity index (χ0v) is 7.58. The average Bonchev–Trinajstić information content (AvgIpc) is 2.18. The van der Waals surface area contributed by atoms with Gasteiger partial charge in [-0.1, -0.05) is 48.9 Å². The van der Waals surface area contributed by atoms with Crippen LogP contribution < -0.4 is 0 Å². The molecule has 3 heteroatoms. The van der Waals surface area contributed by atoms with E-state index in [1.165, 1.54) is 0 Å². The minimum Gasteiger partial charge on any atom is -0.149 e. The average molecular weight is 184 g/mol. The van der Waals surface area contributed by atoms with Crippen LogP contribution in [0.1, 0.15) is 18.9 Å². The maximum absolute atomic E-state index is 10.5. The molecule has 1 rings (SSSR count). The molecule has 1 atom stereocenters. The number of nitrogens with zero attached hydrogens (tertiary/aromatic N) is 1. The van der Waals surface area contributed by atoms with E-state index in [0.717, 1.165) is 5.56 Å². The standard InChI is InChI=1S/C9H10ClNO/c1-2-9(10,11-12)8-6-4-3-5-7-8/h3-7H,2H2,1H3. The lowest BCUT2D eigenvalue weighted by molar-refractivity contribution is 0.614. The molecule has 0 fully saturated rings. The molecule has 1 aromatic carbocycles. The lowest BCUT2D eigenvalue weighted by Gasteiger charge is -2.16. The Labute approximate surface area is 76.5 Å². The van der Waals surface area contributed by atoms with Gasteiger partial charge in [-0.2, -0.15) is 0 Å². The molecule has 0 radical (unpaired) electrons. The van der Waals surface area contributed by atoms with Gasteiger partial charge in [-0.05, 0) is 17.2 Å². The molecule has 0 aliphatic heterocycles. The molecule has 2 nitrogen and oxygen atoms in total. The van der Waals surface area contributed by atoms with E-state index < -0.39 is 5.00 Å². The van der Waals surface area contributed by atoms with Crippen molar-refractivity contribution in [3.05, 3.63) is 40.8 Å². The monoisotopic (exact) mass is 183 g/mol. The van der Waals surface area contributed by atoms with Gasteiger partial charge in [0.25, 0.3) is 0 Å². The summed E-state index contributed by atoms with van der Waals surface area (Å²) in [6.07, 6.45) is 0.502. The molecule has 0 saturated heterocycles. The van der Waals surface area contributed by atoms with Crippen molar-refractivity contribution in [2.75, 3.05) is 0 Å². The molecular formula is C9H10ClNO. The first kappa shape index (κ1) is 9.20. The quantitative estimate of drug-likeness (QED) is 0.402. The Morgan fingerprint density at radius 1 is 1.42 bits per heavy atom. The van der Waals surface area contributed by atoms with E-state index in [4.69, 9.17) is 11.6 Å². The number of benzene rings is 1. The van der Waals surface area contributed by atoms with Crippen LogP contribution in [0.2, 0.25) is 0 Å². The first-order chi connectivity index (χ1) is 5.73. The Bertz CT molecular complexity index is 262. The lowest BCUT2D eigenvalue weighted by Crippen LogP contribution is -2.12. The van der Waals surface area contributed by atoms with Gasteiger partial charge in [0.15, 0.2) is 5.00 Å². The molecule has 12 heavy (non-hydrogen) atoms. The third-order valence-electron chi connectivity index (χ3n) is 1.83. The molecule has 1 aromatic rings. The van der Waals surface area contributed by atoms with E-state index in [0.29, 0.717) is 6.42 Å². The van der Waals surface area contributed by atoms with Crippen LogP contribution in [0, 0.1) is 4.91 Å². The highest BCUT2D eigenvalue weighted by atomic mass is 35.5. The second-order valence-corrected chi connectivity index (χ2v) is 3.20. The highest BCUT2D eigenvalue weighted by molar-refractivity contribution is 6.23. The Morgan fingerprint density at radius 3 is 2.42 bits per heavy atom. The highest BCUT2D eigenvalue weighted by Gasteiger charge is 2.27. The highest BCUT2D eigenvalue weighted by Crippen LogP contribution is 2.33. The van der Waals surface area contributed by atoms with Crippen LogP contribution >= 0.6 is 11.6 Å². The predicted octanol–water partition coefficient (Wildman–Crippen LogP) is 3.25. The normalized spacial score (nSPS) is 15.2. The molecule has 1 unspecified atom stereocenters. The predicted molar refractivity (Wildman–Crippen MR) is 50.1 cm³/mol. The topological polar surface area (TPSA) is 29.4 Å². The maximum Gasteiger partial charge on any atom is 0.200 e. The van der Waals surface area contributed by atoms with Gasteiger partial charge < -0.3 is 0 Å². The smallest absolute Gasteiger partial charge is 0.149 e. The summed E-state index contributed by atoms with van der Waals surface area (Å²) in [5.41, 5.74) is 0.754. The van der Waals surface area contributed by atoms with Crippen molar-refractivity contribution in [3.8, 4) is 0 Å². The summed E-state index contributed by atoms with van der Waals surface area (Å²) in [6.45, 7) is 1.83. The maximum atomic E-state index is 10.5. The van der Waals surface area contributed by atoms with Gasteiger partial charge in [0.2, 0.25) is 0 Å². The molecule has 0 amide bonds. The second-order valence-electron chi connectivity index (χ2n) is 2.57. The van der Waals surface area contributed by atoms with E-state index >= 15 is 0 Å². The van der Waals surface area contributed by atoms with Crippen molar-refractivity contribution in [3.63, 3.8) is 0 Å². The zero-order chi connectivity index (χ0) is 9.03. The molecule has 0 spiro atoms. The fourth-order valence-corrected chi connectivity index (χ4v) is 1.14. The number of hydrogen-bond donors (Lipinski definition) is 0. The molecule has 0 saturated carbocycles. The van der Waals surface area contributed by atoms with Gasteiger partial charge >= 0.3 is 0 Å².